The second-order valence-electron chi connectivity index (χ2n) is 8.48. The van der Waals surface area contributed by atoms with E-state index in [1.165, 1.54) is 42.0 Å². The van der Waals surface area contributed by atoms with Gasteiger partial charge in [-0.15, -0.1) is 4.31 Å². The molecule has 0 radical (unpaired) electrons. The number of carbonyl (C=O) groups is 1. The normalized spacial score (nSPS) is 11.5. The van der Waals surface area contributed by atoms with Gasteiger partial charge in [0, 0.05) is 28.1 Å². The summed E-state index contributed by atoms with van der Waals surface area (Å²) in [5.41, 5.74) is 1.25. The smallest absolute Gasteiger partial charge is 0.428 e. The first kappa shape index (κ1) is 26.8. The van der Waals surface area contributed by atoms with Crippen molar-refractivity contribution in [3.05, 3.63) is 93.8 Å². The van der Waals surface area contributed by atoms with Gasteiger partial charge < -0.3 is 14.4 Å². The molecule has 2 heterocycles. The molecule has 0 saturated carbocycles. The fraction of sp³-hybridized carbons (Fsp3) is 0.0769. The van der Waals surface area contributed by atoms with Crippen LogP contribution in [0, 0.1) is 12.7 Å². The number of hydrogen-bond donors (Lipinski definition) is 1. The van der Waals surface area contributed by atoms with Gasteiger partial charge in [0.2, 0.25) is 6.39 Å². The summed E-state index contributed by atoms with van der Waals surface area (Å²) in [6, 6.07) is 13.7. The maximum Gasteiger partial charge on any atom is 0.428 e. The number of nitrogens with zero attached hydrogens (tertiary/aromatic N) is 4. The van der Waals surface area contributed by atoms with Gasteiger partial charge >= 0.3 is 6.09 Å². The highest BCUT2D eigenvalue weighted by Gasteiger charge is 2.34. The van der Waals surface area contributed by atoms with Crippen LogP contribution in [0.25, 0.3) is 27.7 Å². The molecular formula is C26H18ClFN4O7S. The number of hydrogen-bond acceptors (Lipinski definition) is 8. The average Bonchev–Trinajstić information content (AvgIpc) is 3.43. The summed E-state index contributed by atoms with van der Waals surface area (Å²) in [5, 5.41) is 13.6. The SMILES string of the molecule is COc1cc(-c2ccc(Cl)c(C)c2)c(F)cc1-n1c(=O)ccc2cc(S(=O)(=O)N(C(=O)O)c3ncon3)ccc21. The number of rotatable bonds is 6. The highest BCUT2D eigenvalue weighted by atomic mass is 35.5. The van der Waals surface area contributed by atoms with Crippen LogP contribution in [0.1, 0.15) is 5.56 Å². The molecule has 1 N–H and O–H groups in total. The molecule has 0 unspecified atom stereocenters. The van der Waals surface area contributed by atoms with Crippen molar-refractivity contribution in [2.45, 2.75) is 11.8 Å². The Labute approximate surface area is 230 Å². The third kappa shape index (κ3) is 4.54. The molecule has 3 aromatic carbocycles. The molecule has 1 amide bonds. The lowest BCUT2D eigenvalue weighted by Crippen LogP contribution is -2.36. The van der Waals surface area contributed by atoms with E-state index >= 15 is 4.39 Å². The molecule has 204 valence electrons. The maximum atomic E-state index is 15.5. The molecule has 2 aromatic heterocycles. The topological polar surface area (TPSA) is 145 Å². The van der Waals surface area contributed by atoms with Crippen LogP contribution in [0.2, 0.25) is 5.02 Å². The number of halogens is 2. The van der Waals surface area contributed by atoms with Crippen molar-refractivity contribution < 1.29 is 32.0 Å². The molecule has 40 heavy (non-hydrogen) atoms. The third-order valence-corrected chi connectivity index (χ3v) is 8.16. The lowest BCUT2D eigenvalue weighted by molar-refractivity contribution is 0.205. The minimum absolute atomic E-state index is 0.0384. The average molecular weight is 585 g/mol. The number of anilines is 1. The third-order valence-electron chi connectivity index (χ3n) is 6.09. The Morgan fingerprint density at radius 1 is 1.12 bits per heavy atom. The zero-order valence-corrected chi connectivity index (χ0v) is 22.3. The zero-order chi connectivity index (χ0) is 28.8. The monoisotopic (exact) mass is 584 g/mol. The molecule has 0 saturated heterocycles. The van der Waals surface area contributed by atoms with Gasteiger partial charge in [-0.3, -0.25) is 9.36 Å². The molecular weight excluding hydrogens is 567 g/mol. The number of sulfonamides is 1. The highest BCUT2D eigenvalue weighted by Crippen LogP contribution is 2.35. The van der Waals surface area contributed by atoms with Crippen LogP contribution >= 0.6 is 11.6 Å². The second-order valence-corrected chi connectivity index (χ2v) is 10.7. The van der Waals surface area contributed by atoms with Gasteiger partial charge in [-0.25, -0.2) is 17.6 Å². The minimum Gasteiger partial charge on any atom is -0.495 e. The largest absolute Gasteiger partial charge is 0.495 e. The Bertz CT molecular complexity index is 1960. The number of amides is 1. The van der Waals surface area contributed by atoms with Crippen LogP contribution in [0.4, 0.5) is 15.1 Å². The molecule has 5 aromatic rings. The minimum atomic E-state index is -4.70. The van der Waals surface area contributed by atoms with Crippen LogP contribution in [0.3, 0.4) is 0 Å². The molecule has 0 spiro atoms. The van der Waals surface area contributed by atoms with Crippen LogP contribution in [-0.4, -0.2) is 41.4 Å². The molecule has 0 atom stereocenters. The predicted molar refractivity (Wildman–Crippen MR) is 143 cm³/mol. The van der Waals surface area contributed by atoms with E-state index in [4.69, 9.17) is 16.3 Å². The molecule has 0 fully saturated rings. The van der Waals surface area contributed by atoms with Crippen LogP contribution in [0.5, 0.6) is 5.75 Å². The van der Waals surface area contributed by atoms with Crippen molar-refractivity contribution in [2.24, 2.45) is 0 Å². The number of aromatic nitrogens is 3. The summed E-state index contributed by atoms with van der Waals surface area (Å²) in [7, 11) is -3.33. The van der Waals surface area contributed by atoms with Crippen LogP contribution < -0.4 is 14.6 Å². The van der Waals surface area contributed by atoms with E-state index in [0.717, 1.165) is 24.1 Å². The van der Waals surface area contributed by atoms with E-state index in [0.29, 0.717) is 10.6 Å². The maximum absolute atomic E-state index is 15.5. The molecule has 0 aliphatic rings. The summed E-state index contributed by atoms with van der Waals surface area (Å²) < 4.78 is 52.9. The number of benzene rings is 3. The van der Waals surface area contributed by atoms with Crippen molar-refractivity contribution in [3.8, 4) is 22.6 Å². The lowest BCUT2D eigenvalue weighted by atomic mass is 10.0. The quantitative estimate of drug-likeness (QED) is 0.290. The van der Waals surface area contributed by atoms with Crippen LogP contribution in [-0.2, 0) is 10.0 Å². The van der Waals surface area contributed by atoms with Gasteiger partial charge in [0.05, 0.1) is 23.2 Å². The van der Waals surface area contributed by atoms with E-state index in [1.54, 1.807) is 25.1 Å². The first-order chi connectivity index (χ1) is 19.0. The molecule has 0 bridgehead atoms. The Balaban J connectivity index is 1.67. The van der Waals surface area contributed by atoms with E-state index in [1.807, 2.05) is 0 Å². The van der Waals surface area contributed by atoms with E-state index in [-0.39, 0.29) is 32.2 Å². The van der Waals surface area contributed by atoms with Crippen molar-refractivity contribution in [3.63, 3.8) is 0 Å². The molecule has 5 rings (SSSR count). The van der Waals surface area contributed by atoms with Gasteiger partial charge in [-0.1, -0.05) is 17.7 Å². The Hall–Kier alpha value is -4.75. The molecule has 14 heteroatoms. The highest BCUT2D eigenvalue weighted by molar-refractivity contribution is 7.93. The van der Waals surface area contributed by atoms with Crippen molar-refractivity contribution >= 4 is 44.6 Å². The molecule has 11 nitrogen and oxygen atoms in total. The summed E-state index contributed by atoms with van der Waals surface area (Å²) in [6.45, 7) is 1.79. The van der Waals surface area contributed by atoms with Gasteiger partial charge in [-0.2, -0.15) is 4.98 Å². The second kappa shape index (κ2) is 10.1. The number of ether oxygens (including phenoxy) is 1. The number of fused-ring (bicyclic) bond motifs is 1. The first-order valence-corrected chi connectivity index (χ1v) is 13.2. The van der Waals surface area contributed by atoms with Crippen molar-refractivity contribution in [2.75, 3.05) is 11.4 Å². The van der Waals surface area contributed by atoms with E-state index in [2.05, 4.69) is 14.7 Å². The van der Waals surface area contributed by atoms with Gasteiger partial charge in [-0.05, 0) is 65.7 Å². The summed E-state index contributed by atoms with van der Waals surface area (Å²) >= 11 is 6.11. The fourth-order valence-electron chi connectivity index (χ4n) is 4.20. The first-order valence-electron chi connectivity index (χ1n) is 11.4. The summed E-state index contributed by atoms with van der Waals surface area (Å²) in [6.07, 6.45) is -1.08. The summed E-state index contributed by atoms with van der Waals surface area (Å²) in [5.74, 6) is -1.17. The number of pyridine rings is 1. The Kier molecular flexibility index (Phi) is 6.77. The summed E-state index contributed by atoms with van der Waals surface area (Å²) in [4.78, 5) is 27.9. The Morgan fingerprint density at radius 3 is 2.55 bits per heavy atom. The zero-order valence-electron chi connectivity index (χ0n) is 20.7. The van der Waals surface area contributed by atoms with Crippen molar-refractivity contribution in [1.29, 1.82) is 0 Å². The predicted octanol–water partition coefficient (Wildman–Crippen LogP) is 5.02. The standard InChI is InChI=1S/C26H18ClFN4O7S/c1-14-9-15(3-6-19(14)27)18-11-23(38-2)22(12-20(18)28)31-21-7-5-17(10-16(21)4-8-24(31)33)40(36,37)32(26(34)35)25-29-13-39-30-25/h3-13H,1-2H3,(H,34,35). The van der Waals surface area contributed by atoms with Gasteiger partial charge in [0.25, 0.3) is 21.5 Å². The van der Waals surface area contributed by atoms with E-state index < -0.39 is 38.3 Å². The molecule has 0 aliphatic carbocycles. The molecule has 0 aliphatic heterocycles. The number of methoxy groups -OCH3 is 1. The van der Waals surface area contributed by atoms with Gasteiger partial charge in [0.15, 0.2) is 0 Å². The Morgan fingerprint density at radius 2 is 1.90 bits per heavy atom. The lowest BCUT2D eigenvalue weighted by Gasteiger charge is -2.18. The van der Waals surface area contributed by atoms with Crippen molar-refractivity contribution in [1.82, 2.24) is 14.7 Å². The number of aryl methyl sites for hydroxylation is 1. The van der Waals surface area contributed by atoms with Crippen LogP contribution in [0.15, 0.2) is 81.3 Å². The van der Waals surface area contributed by atoms with E-state index in [9.17, 15) is 23.1 Å². The van der Waals surface area contributed by atoms with Gasteiger partial charge in [0.1, 0.15) is 11.6 Å². The fourth-order valence-corrected chi connectivity index (χ4v) is 5.55. The number of carboxylic acid groups (broad SMARTS) is 1.